The van der Waals surface area contributed by atoms with E-state index in [9.17, 15) is 4.79 Å². The van der Waals surface area contributed by atoms with E-state index in [4.69, 9.17) is 9.15 Å². The summed E-state index contributed by atoms with van der Waals surface area (Å²) in [6, 6.07) is 2.22. The van der Waals surface area contributed by atoms with E-state index in [1.165, 1.54) is 0 Å². The number of ether oxygens (including phenoxy) is 1. The molecule has 0 aromatic carbocycles. The maximum absolute atomic E-state index is 12.6. The number of methoxy groups -OCH3 is 1. The van der Waals surface area contributed by atoms with Crippen molar-refractivity contribution in [1.82, 2.24) is 9.80 Å². The van der Waals surface area contributed by atoms with Crippen molar-refractivity contribution >= 4 is 5.91 Å². The molecule has 1 aliphatic heterocycles. The number of amides is 1. The predicted molar refractivity (Wildman–Crippen MR) is 76.7 cm³/mol. The first-order valence-corrected chi connectivity index (χ1v) is 6.98. The average Bonchev–Trinajstić information content (AvgIpc) is 2.92. The second-order valence-corrected chi connectivity index (χ2v) is 5.83. The maximum atomic E-state index is 12.6. The largest absolute Gasteiger partial charge is 0.463 e. The van der Waals surface area contributed by atoms with Crippen LogP contribution in [-0.4, -0.2) is 56.0 Å². The lowest BCUT2D eigenvalue weighted by Gasteiger charge is -2.22. The van der Waals surface area contributed by atoms with Crippen LogP contribution < -0.4 is 0 Å². The fraction of sp³-hybridized carbons (Fsp3) is 0.667. The molecule has 1 aromatic rings. The molecule has 2 atom stereocenters. The molecule has 0 N–H and O–H groups in total. The summed E-state index contributed by atoms with van der Waals surface area (Å²) in [6.45, 7) is 5.99. The van der Waals surface area contributed by atoms with Crippen molar-refractivity contribution in [2.45, 2.75) is 26.5 Å². The highest BCUT2D eigenvalue weighted by molar-refractivity contribution is 5.95. The van der Waals surface area contributed by atoms with Gasteiger partial charge in [-0.1, -0.05) is 6.92 Å². The Morgan fingerprint density at radius 3 is 2.75 bits per heavy atom. The molecule has 5 heteroatoms. The number of aryl methyl sites for hydroxylation is 1. The summed E-state index contributed by atoms with van der Waals surface area (Å²) in [4.78, 5) is 16.7. The highest BCUT2D eigenvalue weighted by atomic mass is 16.5. The van der Waals surface area contributed by atoms with E-state index in [1.54, 1.807) is 13.2 Å². The molecule has 0 radical (unpaired) electrons. The zero-order valence-electron chi connectivity index (χ0n) is 13.0. The Labute approximate surface area is 120 Å². The molecule has 1 saturated heterocycles. The highest BCUT2D eigenvalue weighted by Gasteiger charge is 2.35. The van der Waals surface area contributed by atoms with Crippen LogP contribution in [0.2, 0.25) is 0 Å². The Morgan fingerprint density at radius 2 is 2.20 bits per heavy atom. The van der Waals surface area contributed by atoms with Gasteiger partial charge in [-0.05, 0) is 33.0 Å². The topological polar surface area (TPSA) is 45.9 Å². The first-order valence-electron chi connectivity index (χ1n) is 6.98. The van der Waals surface area contributed by atoms with Crippen LogP contribution in [0.1, 0.15) is 28.8 Å². The molecule has 1 fully saturated rings. The third-order valence-corrected chi connectivity index (χ3v) is 4.01. The van der Waals surface area contributed by atoms with Gasteiger partial charge in [0.1, 0.15) is 18.1 Å². The number of furan rings is 1. The molecule has 1 aliphatic rings. The van der Waals surface area contributed by atoms with Crippen molar-refractivity contribution in [2.75, 3.05) is 34.3 Å². The molecule has 1 aromatic heterocycles. The average molecular weight is 280 g/mol. The van der Waals surface area contributed by atoms with Crippen LogP contribution in [0, 0.1) is 12.8 Å². The van der Waals surface area contributed by atoms with Crippen LogP contribution in [0.4, 0.5) is 0 Å². The molecule has 0 saturated carbocycles. The van der Waals surface area contributed by atoms with Gasteiger partial charge in [-0.15, -0.1) is 0 Å². The number of rotatable bonds is 4. The Bertz CT molecular complexity index is 481. The van der Waals surface area contributed by atoms with Crippen LogP contribution in [-0.2, 0) is 11.3 Å². The van der Waals surface area contributed by atoms with Gasteiger partial charge >= 0.3 is 0 Å². The number of carbonyl (C=O) groups excluding carboxylic acids is 1. The van der Waals surface area contributed by atoms with Gasteiger partial charge in [0.15, 0.2) is 0 Å². The third-order valence-electron chi connectivity index (χ3n) is 4.01. The smallest absolute Gasteiger partial charge is 0.257 e. The highest BCUT2D eigenvalue weighted by Crippen LogP contribution is 2.24. The summed E-state index contributed by atoms with van der Waals surface area (Å²) in [5.41, 5.74) is 0.656. The molecule has 0 spiro atoms. The lowest BCUT2D eigenvalue weighted by atomic mass is 10.1. The monoisotopic (exact) mass is 280 g/mol. The van der Waals surface area contributed by atoms with Gasteiger partial charge in [0.05, 0.1) is 5.56 Å². The van der Waals surface area contributed by atoms with E-state index < -0.39 is 0 Å². The molecule has 0 unspecified atom stereocenters. The zero-order chi connectivity index (χ0) is 14.9. The molecule has 112 valence electrons. The van der Waals surface area contributed by atoms with Gasteiger partial charge in [-0.25, -0.2) is 0 Å². The van der Waals surface area contributed by atoms with Gasteiger partial charge in [0.25, 0.3) is 5.91 Å². The first-order chi connectivity index (χ1) is 9.43. The minimum atomic E-state index is 0.0600. The van der Waals surface area contributed by atoms with Crippen LogP contribution in [0.5, 0.6) is 0 Å². The Morgan fingerprint density at radius 1 is 1.50 bits per heavy atom. The Balaban J connectivity index is 2.12. The van der Waals surface area contributed by atoms with Crippen LogP contribution in [0.3, 0.4) is 0 Å². The predicted octanol–water partition coefficient (Wildman–Crippen LogP) is 1.76. The van der Waals surface area contributed by atoms with E-state index in [1.807, 2.05) is 11.8 Å². The minimum Gasteiger partial charge on any atom is -0.463 e. The lowest BCUT2D eigenvalue weighted by molar-refractivity contribution is 0.0779. The summed E-state index contributed by atoms with van der Waals surface area (Å²) in [6.07, 6.45) is 0. The molecular formula is C15H24N2O3. The molecule has 0 bridgehead atoms. The quantitative estimate of drug-likeness (QED) is 0.843. The van der Waals surface area contributed by atoms with Gasteiger partial charge < -0.3 is 19.0 Å². The second kappa shape index (κ2) is 5.97. The lowest BCUT2D eigenvalue weighted by Crippen LogP contribution is -2.35. The number of nitrogens with zero attached hydrogens (tertiary/aromatic N) is 2. The summed E-state index contributed by atoms with van der Waals surface area (Å²) in [5, 5.41) is 0. The van der Waals surface area contributed by atoms with E-state index in [2.05, 4.69) is 25.9 Å². The second-order valence-electron chi connectivity index (χ2n) is 5.83. The van der Waals surface area contributed by atoms with Crippen molar-refractivity contribution in [3.63, 3.8) is 0 Å². The summed E-state index contributed by atoms with van der Waals surface area (Å²) in [5.74, 6) is 1.91. The van der Waals surface area contributed by atoms with E-state index >= 15 is 0 Å². The summed E-state index contributed by atoms with van der Waals surface area (Å²) >= 11 is 0. The molecule has 5 nitrogen and oxygen atoms in total. The number of hydrogen-bond donors (Lipinski definition) is 0. The molecular weight excluding hydrogens is 256 g/mol. The molecule has 20 heavy (non-hydrogen) atoms. The normalized spacial score (nSPS) is 22.8. The number of likely N-dealkylation sites (N-methyl/N-ethyl adjacent to an activating group) is 1. The van der Waals surface area contributed by atoms with E-state index in [-0.39, 0.29) is 5.91 Å². The van der Waals surface area contributed by atoms with Crippen LogP contribution >= 0.6 is 0 Å². The van der Waals surface area contributed by atoms with Crippen molar-refractivity contribution in [3.05, 3.63) is 23.2 Å². The van der Waals surface area contributed by atoms with E-state index in [0.717, 1.165) is 13.1 Å². The first kappa shape index (κ1) is 15.1. The summed E-state index contributed by atoms with van der Waals surface area (Å²) < 4.78 is 10.6. The van der Waals surface area contributed by atoms with Crippen molar-refractivity contribution in [3.8, 4) is 0 Å². The van der Waals surface area contributed by atoms with Crippen molar-refractivity contribution in [1.29, 1.82) is 0 Å². The van der Waals surface area contributed by atoms with Crippen molar-refractivity contribution < 1.29 is 13.9 Å². The fourth-order valence-corrected chi connectivity index (χ4v) is 2.93. The molecule has 2 heterocycles. The molecule has 1 amide bonds. The summed E-state index contributed by atoms with van der Waals surface area (Å²) in [7, 11) is 5.74. The van der Waals surface area contributed by atoms with Crippen LogP contribution in [0.25, 0.3) is 0 Å². The van der Waals surface area contributed by atoms with Gasteiger partial charge in [-0.3, -0.25) is 4.79 Å². The van der Waals surface area contributed by atoms with Crippen molar-refractivity contribution in [2.24, 2.45) is 5.92 Å². The Kier molecular flexibility index (Phi) is 4.50. The molecule has 2 rings (SSSR count). The maximum Gasteiger partial charge on any atom is 0.257 e. The fourth-order valence-electron chi connectivity index (χ4n) is 2.93. The van der Waals surface area contributed by atoms with Gasteiger partial charge in [-0.2, -0.15) is 0 Å². The Hall–Kier alpha value is -1.33. The number of carbonyl (C=O) groups is 1. The third kappa shape index (κ3) is 2.88. The van der Waals surface area contributed by atoms with Gasteiger partial charge in [0, 0.05) is 26.2 Å². The number of likely N-dealkylation sites (tertiary alicyclic amines) is 1. The van der Waals surface area contributed by atoms with E-state index in [0.29, 0.717) is 35.7 Å². The van der Waals surface area contributed by atoms with Gasteiger partial charge in [0.2, 0.25) is 0 Å². The standard InChI is InChI=1S/C15H24N2O3/c1-10-7-17(8-14(10)16(3)4)15(18)13-6-12(9-19-5)20-11(13)2/h6,10,14H,7-9H2,1-5H3/t10-,14-/m1/s1. The van der Waals surface area contributed by atoms with Crippen LogP contribution in [0.15, 0.2) is 10.5 Å². The minimum absolute atomic E-state index is 0.0600. The SMILES string of the molecule is COCc1cc(C(=O)N2C[C@@H](C)[C@H](N(C)C)C2)c(C)o1. The zero-order valence-corrected chi connectivity index (χ0v) is 13.0. The number of hydrogen-bond acceptors (Lipinski definition) is 4. The molecule has 0 aliphatic carbocycles.